The van der Waals surface area contributed by atoms with Gasteiger partial charge in [-0.1, -0.05) is 13.8 Å². The van der Waals surface area contributed by atoms with Crippen LogP contribution in [-0.2, 0) is 9.53 Å². The Bertz CT molecular complexity index is 267. The fourth-order valence-electron chi connectivity index (χ4n) is 2.62. The van der Waals surface area contributed by atoms with Crippen LogP contribution in [0.1, 0.15) is 52.4 Å². The van der Waals surface area contributed by atoms with Crippen molar-refractivity contribution in [2.45, 2.75) is 64.5 Å². The number of carbonyl (C=O) groups is 1. The van der Waals surface area contributed by atoms with Crippen LogP contribution in [0.15, 0.2) is 0 Å². The van der Waals surface area contributed by atoms with Crippen LogP contribution >= 0.6 is 0 Å². The lowest BCUT2D eigenvalue weighted by molar-refractivity contribution is -0.123. The second-order valence-electron chi connectivity index (χ2n) is 6.08. The molecule has 4 nitrogen and oxygen atoms in total. The van der Waals surface area contributed by atoms with Gasteiger partial charge in [0.2, 0.25) is 5.91 Å². The van der Waals surface area contributed by atoms with E-state index >= 15 is 0 Å². The Labute approximate surface area is 111 Å². The highest BCUT2D eigenvalue weighted by Gasteiger charge is 2.28. The maximum atomic E-state index is 11.9. The van der Waals surface area contributed by atoms with Crippen LogP contribution in [0.25, 0.3) is 0 Å². The first-order chi connectivity index (χ1) is 8.48. The van der Waals surface area contributed by atoms with Gasteiger partial charge < -0.3 is 15.8 Å². The second-order valence-corrected chi connectivity index (χ2v) is 6.08. The van der Waals surface area contributed by atoms with Crippen LogP contribution < -0.4 is 11.1 Å². The fraction of sp³-hybridized carbons (Fsp3) is 0.929. The Morgan fingerprint density at radius 2 is 2.11 bits per heavy atom. The number of nitrogens with two attached hydrogens (primary N) is 1. The summed E-state index contributed by atoms with van der Waals surface area (Å²) in [5.74, 6) is 0.147. The van der Waals surface area contributed by atoms with E-state index in [0.717, 1.165) is 32.1 Å². The quantitative estimate of drug-likeness (QED) is 0.730. The number of amides is 1. The molecule has 0 aromatic carbocycles. The maximum absolute atomic E-state index is 11.9. The molecule has 1 fully saturated rings. The highest BCUT2D eigenvalue weighted by atomic mass is 16.5. The molecule has 0 spiro atoms. The minimum absolute atomic E-state index is 0.147. The van der Waals surface area contributed by atoms with Gasteiger partial charge in [-0.3, -0.25) is 4.79 Å². The Morgan fingerprint density at radius 3 is 2.72 bits per heavy atom. The molecule has 0 aromatic heterocycles. The molecule has 1 aliphatic rings. The van der Waals surface area contributed by atoms with E-state index in [-0.39, 0.29) is 23.5 Å². The lowest BCUT2D eigenvalue weighted by atomic mass is 9.84. The van der Waals surface area contributed by atoms with Gasteiger partial charge in [0.1, 0.15) is 0 Å². The zero-order valence-electron chi connectivity index (χ0n) is 12.0. The molecule has 1 saturated carbocycles. The summed E-state index contributed by atoms with van der Waals surface area (Å²) in [4.78, 5) is 11.9. The average Bonchev–Trinajstić information content (AvgIpc) is 2.74. The Balaban J connectivity index is 2.29. The van der Waals surface area contributed by atoms with E-state index in [1.807, 2.05) is 0 Å². The predicted octanol–water partition coefficient (Wildman–Crippen LogP) is 1.83. The summed E-state index contributed by atoms with van der Waals surface area (Å²) in [6.45, 7) is 5.02. The van der Waals surface area contributed by atoms with E-state index in [1.165, 1.54) is 0 Å². The molecule has 3 N–H and O–H groups in total. The largest absolute Gasteiger partial charge is 0.379 e. The molecule has 2 unspecified atom stereocenters. The van der Waals surface area contributed by atoms with Crippen molar-refractivity contribution in [2.75, 3.05) is 13.7 Å². The predicted molar refractivity (Wildman–Crippen MR) is 73.3 cm³/mol. The van der Waals surface area contributed by atoms with Crippen molar-refractivity contribution in [1.29, 1.82) is 0 Å². The molecular weight excluding hydrogens is 228 g/mol. The first kappa shape index (κ1) is 15.4. The maximum Gasteiger partial charge on any atom is 0.220 e. The monoisotopic (exact) mass is 256 g/mol. The summed E-state index contributed by atoms with van der Waals surface area (Å²) in [7, 11) is 1.72. The van der Waals surface area contributed by atoms with Crippen LogP contribution in [0.5, 0.6) is 0 Å². The smallest absolute Gasteiger partial charge is 0.220 e. The molecule has 4 heteroatoms. The molecule has 1 aliphatic carbocycles. The molecule has 1 amide bonds. The number of ether oxygens (including phenoxy) is 1. The third kappa shape index (κ3) is 4.94. The van der Waals surface area contributed by atoms with Gasteiger partial charge in [-0.2, -0.15) is 0 Å². The van der Waals surface area contributed by atoms with Gasteiger partial charge >= 0.3 is 0 Å². The summed E-state index contributed by atoms with van der Waals surface area (Å²) in [5, 5.41) is 3.10. The second kappa shape index (κ2) is 7.10. The molecule has 0 bridgehead atoms. The van der Waals surface area contributed by atoms with E-state index in [9.17, 15) is 4.79 Å². The summed E-state index contributed by atoms with van der Waals surface area (Å²) < 4.78 is 5.38. The fourth-order valence-corrected chi connectivity index (χ4v) is 2.62. The van der Waals surface area contributed by atoms with Crippen molar-refractivity contribution in [2.24, 2.45) is 11.1 Å². The molecule has 0 aliphatic heterocycles. The highest BCUT2D eigenvalue weighted by molar-refractivity contribution is 5.76. The number of carbonyl (C=O) groups excluding carboxylic acids is 1. The Morgan fingerprint density at radius 1 is 1.39 bits per heavy atom. The normalized spacial score (nSPS) is 24.2. The van der Waals surface area contributed by atoms with E-state index < -0.39 is 0 Å². The summed E-state index contributed by atoms with van der Waals surface area (Å²) in [6, 6.07) is 0.208. The molecule has 0 aromatic rings. The van der Waals surface area contributed by atoms with Crippen LogP contribution in [0.3, 0.4) is 0 Å². The van der Waals surface area contributed by atoms with Crippen molar-refractivity contribution in [3.63, 3.8) is 0 Å². The van der Waals surface area contributed by atoms with Crippen LogP contribution in [-0.4, -0.2) is 31.7 Å². The molecule has 0 saturated heterocycles. The van der Waals surface area contributed by atoms with Gasteiger partial charge in [0, 0.05) is 13.5 Å². The SMILES string of the molecule is COC1CCCC1NC(=O)CCC(C)(C)CCN. The van der Waals surface area contributed by atoms with Gasteiger partial charge in [0.05, 0.1) is 12.1 Å². The molecule has 0 heterocycles. The Kier molecular flexibility index (Phi) is 6.09. The number of nitrogens with one attached hydrogen (secondary N) is 1. The van der Waals surface area contributed by atoms with Crippen molar-refractivity contribution in [3.8, 4) is 0 Å². The number of rotatable bonds is 7. The van der Waals surface area contributed by atoms with Gasteiger partial charge in [-0.05, 0) is 44.1 Å². The van der Waals surface area contributed by atoms with Crippen molar-refractivity contribution < 1.29 is 9.53 Å². The summed E-state index contributed by atoms with van der Waals surface area (Å²) in [6.07, 6.45) is 5.87. The lowest BCUT2D eigenvalue weighted by Gasteiger charge is -2.24. The van der Waals surface area contributed by atoms with E-state index in [1.54, 1.807) is 7.11 Å². The minimum atomic E-state index is 0.147. The van der Waals surface area contributed by atoms with Crippen molar-refractivity contribution in [3.05, 3.63) is 0 Å². The van der Waals surface area contributed by atoms with E-state index in [2.05, 4.69) is 19.2 Å². The standard InChI is InChI=1S/C14H28N2O2/c1-14(2,9-10-15)8-7-13(17)16-11-5-4-6-12(11)18-3/h11-12H,4-10,15H2,1-3H3,(H,16,17). The van der Waals surface area contributed by atoms with Crippen LogP contribution in [0.4, 0.5) is 0 Å². The van der Waals surface area contributed by atoms with Gasteiger partial charge in [0.25, 0.3) is 0 Å². The van der Waals surface area contributed by atoms with Gasteiger partial charge in [-0.15, -0.1) is 0 Å². The molecular formula is C14H28N2O2. The molecule has 18 heavy (non-hydrogen) atoms. The first-order valence-corrected chi connectivity index (χ1v) is 7.01. The molecule has 106 valence electrons. The molecule has 2 atom stereocenters. The molecule has 1 rings (SSSR count). The third-order valence-electron chi connectivity index (χ3n) is 3.95. The zero-order valence-corrected chi connectivity index (χ0v) is 12.0. The van der Waals surface area contributed by atoms with E-state index in [4.69, 9.17) is 10.5 Å². The average molecular weight is 256 g/mol. The minimum Gasteiger partial charge on any atom is -0.379 e. The summed E-state index contributed by atoms with van der Waals surface area (Å²) in [5.41, 5.74) is 5.73. The number of methoxy groups -OCH3 is 1. The summed E-state index contributed by atoms with van der Waals surface area (Å²) >= 11 is 0. The lowest BCUT2D eigenvalue weighted by Crippen LogP contribution is -2.41. The molecule has 0 radical (unpaired) electrons. The van der Waals surface area contributed by atoms with E-state index in [0.29, 0.717) is 13.0 Å². The van der Waals surface area contributed by atoms with Crippen LogP contribution in [0, 0.1) is 5.41 Å². The zero-order chi connectivity index (χ0) is 13.6. The van der Waals surface area contributed by atoms with Crippen LogP contribution in [0.2, 0.25) is 0 Å². The number of hydrogen-bond donors (Lipinski definition) is 2. The van der Waals surface area contributed by atoms with Crippen molar-refractivity contribution >= 4 is 5.91 Å². The van der Waals surface area contributed by atoms with Gasteiger partial charge in [0.15, 0.2) is 0 Å². The Hall–Kier alpha value is -0.610. The van der Waals surface area contributed by atoms with Crippen molar-refractivity contribution in [1.82, 2.24) is 5.32 Å². The highest BCUT2D eigenvalue weighted by Crippen LogP contribution is 2.26. The third-order valence-corrected chi connectivity index (χ3v) is 3.95. The van der Waals surface area contributed by atoms with Gasteiger partial charge in [-0.25, -0.2) is 0 Å². The first-order valence-electron chi connectivity index (χ1n) is 7.01. The number of hydrogen-bond acceptors (Lipinski definition) is 3. The topological polar surface area (TPSA) is 64.3 Å².